The van der Waals surface area contributed by atoms with Crippen LogP contribution in [-0.2, 0) is 7.05 Å². The SMILES string of the molecule is Cn1nnc2ccc(C(=O)N3CCNCC3c3cccc(Cl)c3)cc21. The molecule has 2 heterocycles. The van der Waals surface area contributed by atoms with Crippen LogP contribution in [0.15, 0.2) is 42.5 Å². The number of carbonyl (C=O) groups excluding carboxylic acids is 1. The van der Waals surface area contributed by atoms with Crippen molar-refractivity contribution < 1.29 is 4.79 Å². The molecule has 1 N–H and O–H groups in total. The number of carbonyl (C=O) groups is 1. The maximum Gasteiger partial charge on any atom is 0.254 e. The van der Waals surface area contributed by atoms with E-state index in [4.69, 9.17) is 11.6 Å². The van der Waals surface area contributed by atoms with Crippen molar-refractivity contribution in [2.75, 3.05) is 19.6 Å². The van der Waals surface area contributed by atoms with Crippen LogP contribution >= 0.6 is 11.6 Å². The summed E-state index contributed by atoms with van der Waals surface area (Å²) in [4.78, 5) is 15.1. The smallest absolute Gasteiger partial charge is 0.254 e. The van der Waals surface area contributed by atoms with Gasteiger partial charge in [-0.15, -0.1) is 5.10 Å². The number of amides is 1. The standard InChI is InChI=1S/C18H18ClN5O/c1-23-16-10-13(5-6-15(16)21-22-23)18(25)24-8-7-20-11-17(24)12-3-2-4-14(19)9-12/h2-6,9-10,17,20H,7-8,11H2,1H3. The van der Waals surface area contributed by atoms with Crippen molar-refractivity contribution in [2.24, 2.45) is 7.05 Å². The van der Waals surface area contributed by atoms with E-state index in [-0.39, 0.29) is 11.9 Å². The van der Waals surface area contributed by atoms with E-state index in [0.29, 0.717) is 23.7 Å². The third-order valence-electron chi connectivity index (χ3n) is 4.60. The van der Waals surface area contributed by atoms with Gasteiger partial charge in [-0.05, 0) is 35.9 Å². The summed E-state index contributed by atoms with van der Waals surface area (Å²) in [5, 5.41) is 12.1. The largest absolute Gasteiger partial charge is 0.329 e. The van der Waals surface area contributed by atoms with Gasteiger partial charge in [-0.25, -0.2) is 4.68 Å². The van der Waals surface area contributed by atoms with Gasteiger partial charge in [0.2, 0.25) is 0 Å². The van der Waals surface area contributed by atoms with Gasteiger partial charge in [0.15, 0.2) is 0 Å². The number of halogens is 1. The van der Waals surface area contributed by atoms with Gasteiger partial charge in [0.05, 0.1) is 11.6 Å². The highest BCUT2D eigenvalue weighted by molar-refractivity contribution is 6.30. The maximum atomic E-state index is 13.2. The summed E-state index contributed by atoms with van der Waals surface area (Å²) >= 11 is 6.14. The fourth-order valence-corrected chi connectivity index (χ4v) is 3.49. The molecule has 1 fully saturated rings. The molecule has 0 bridgehead atoms. The zero-order valence-electron chi connectivity index (χ0n) is 13.8. The van der Waals surface area contributed by atoms with Gasteiger partial charge in [0, 0.05) is 37.3 Å². The van der Waals surface area contributed by atoms with E-state index in [0.717, 1.165) is 23.1 Å². The highest BCUT2D eigenvalue weighted by Gasteiger charge is 2.29. The third kappa shape index (κ3) is 2.99. The second-order valence-corrected chi connectivity index (χ2v) is 6.63. The summed E-state index contributed by atoms with van der Waals surface area (Å²) in [6.07, 6.45) is 0. The van der Waals surface area contributed by atoms with Crippen LogP contribution in [0.5, 0.6) is 0 Å². The van der Waals surface area contributed by atoms with E-state index >= 15 is 0 Å². The van der Waals surface area contributed by atoms with Gasteiger partial charge in [-0.2, -0.15) is 0 Å². The highest BCUT2D eigenvalue weighted by Crippen LogP contribution is 2.26. The van der Waals surface area contributed by atoms with Crippen molar-refractivity contribution in [1.82, 2.24) is 25.2 Å². The van der Waals surface area contributed by atoms with E-state index in [9.17, 15) is 4.79 Å². The lowest BCUT2D eigenvalue weighted by molar-refractivity contribution is 0.0634. The van der Waals surface area contributed by atoms with Gasteiger partial charge >= 0.3 is 0 Å². The van der Waals surface area contributed by atoms with E-state index < -0.39 is 0 Å². The third-order valence-corrected chi connectivity index (χ3v) is 4.83. The molecule has 1 amide bonds. The van der Waals surface area contributed by atoms with Crippen molar-refractivity contribution >= 4 is 28.5 Å². The molecule has 1 saturated heterocycles. The Morgan fingerprint density at radius 2 is 2.16 bits per heavy atom. The van der Waals surface area contributed by atoms with Crippen LogP contribution in [0.1, 0.15) is 22.0 Å². The van der Waals surface area contributed by atoms with Crippen molar-refractivity contribution in [2.45, 2.75) is 6.04 Å². The minimum Gasteiger partial charge on any atom is -0.329 e. The van der Waals surface area contributed by atoms with Crippen LogP contribution in [0.25, 0.3) is 11.0 Å². The quantitative estimate of drug-likeness (QED) is 0.766. The molecule has 1 aliphatic rings. The normalized spacial score (nSPS) is 17.8. The predicted octanol–water partition coefficient (Wildman–Crippen LogP) is 2.41. The summed E-state index contributed by atoms with van der Waals surface area (Å²) in [5.74, 6) is 0.00887. The molecule has 3 aromatic rings. The van der Waals surface area contributed by atoms with E-state index in [1.165, 1.54) is 0 Å². The highest BCUT2D eigenvalue weighted by atomic mass is 35.5. The van der Waals surface area contributed by atoms with Crippen LogP contribution < -0.4 is 5.32 Å². The van der Waals surface area contributed by atoms with E-state index in [1.807, 2.05) is 54.4 Å². The van der Waals surface area contributed by atoms with Crippen LogP contribution in [-0.4, -0.2) is 45.4 Å². The Kier molecular flexibility index (Phi) is 4.15. The second kappa shape index (κ2) is 6.46. The number of nitrogens with one attached hydrogen (secondary N) is 1. The van der Waals surface area contributed by atoms with Crippen LogP contribution in [0.2, 0.25) is 5.02 Å². The Labute approximate surface area is 150 Å². The zero-order chi connectivity index (χ0) is 17.4. The van der Waals surface area contributed by atoms with Crippen LogP contribution in [0.4, 0.5) is 0 Å². The van der Waals surface area contributed by atoms with Crippen LogP contribution in [0.3, 0.4) is 0 Å². The van der Waals surface area contributed by atoms with Gasteiger partial charge < -0.3 is 10.2 Å². The Bertz CT molecular complexity index is 938. The summed E-state index contributed by atoms with van der Waals surface area (Å²) in [6, 6.07) is 13.2. The zero-order valence-corrected chi connectivity index (χ0v) is 14.6. The summed E-state index contributed by atoms with van der Waals surface area (Å²) in [5.41, 5.74) is 3.31. The minimum absolute atomic E-state index is 0.00887. The number of hydrogen-bond acceptors (Lipinski definition) is 4. The molecule has 2 aromatic carbocycles. The second-order valence-electron chi connectivity index (χ2n) is 6.19. The Hall–Kier alpha value is -2.44. The topological polar surface area (TPSA) is 63.1 Å². The number of aryl methyl sites for hydroxylation is 1. The number of fused-ring (bicyclic) bond motifs is 1. The molecule has 1 aromatic heterocycles. The van der Waals surface area contributed by atoms with Crippen molar-refractivity contribution in [3.05, 3.63) is 58.6 Å². The molecule has 6 nitrogen and oxygen atoms in total. The molecule has 128 valence electrons. The number of piperazine rings is 1. The number of rotatable bonds is 2. The summed E-state index contributed by atoms with van der Waals surface area (Å²) < 4.78 is 1.68. The predicted molar refractivity (Wildman–Crippen MR) is 96.6 cm³/mol. The molecule has 0 spiro atoms. The van der Waals surface area contributed by atoms with Gasteiger partial charge in [0.25, 0.3) is 5.91 Å². The van der Waals surface area contributed by atoms with Crippen molar-refractivity contribution in [1.29, 1.82) is 0 Å². The molecule has 0 radical (unpaired) electrons. The Morgan fingerprint density at radius 1 is 1.28 bits per heavy atom. The summed E-state index contributed by atoms with van der Waals surface area (Å²) in [6.45, 7) is 2.14. The van der Waals surface area contributed by atoms with Crippen molar-refractivity contribution in [3.8, 4) is 0 Å². The molecule has 1 aliphatic heterocycles. The average Bonchev–Trinajstić information content (AvgIpc) is 3.01. The van der Waals surface area contributed by atoms with Gasteiger partial charge in [-0.3, -0.25) is 4.79 Å². The van der Waals surface area contributed by atoms with Gasteiger partial charge in [0.1, 0.15) is 5.52 Å². The molecule has 0 aliphatic carbocycles. The number of aromatic nitrogens is 3. The number of nitrogens with zero attached hydrogens (tertiary/aromatic N) is 4. The molecule has 0 saturated carbocycles. The Morgan fingerprint density at radius 3 is 3.00 bits per heavy atom. The van der Waals surface area contributed by atoms with Crippen LogP contribution in [0, 0.1) is 0 Å². The Balaban J connectivity index is 1.69. The molecular formula is C18H18ClN5O. The molecule has 25 heavy (non-hydrogen) atoms. The maximum absolute atomic E-state index is 13.2. The molecule has 1 atom stereocenters. The van der Waals surface area contributed by atoms with Crippen molar-refractivity contribution in [3.63, 3.8) is 0 Å². The van der Waals surface area contributed by atoms with Gasteiger partial charge in [-0.1, -0.05) is 28.9 Å². The lowest BCUT2D eigenvalue weighted by Gasteiger charge is -2.36. The average molecular weight is 356 g/mol. The minimum atomic E-state index is -0.0414. The molecular weight excluding hydrogens is 338 g/mol. The summed E-state index contributed by atoms with van der Waals surface area (Å²) in [7, 11) is 1.82. The number of benzene rings is 2. The first-order valence-electron chi connectivity index (χ1n) is 8.20. The first kappa shape index (κ1) is 16.1. The fourth-order valence-electron chi connectivity index (χ4n) is 3.29. The van der Waals surface area contributed by atoms with E-state index in [2.05, 4.69) is 15.6 Å². The first-order chi connectivity index (χ1) is 12.1. The first-order valence-corrected chi connectivity index (χ1v) is 8.58. The molecule has 4 rings (SSSR count). The number of hydrogen-bond donors (Lipinski definition) is 1. The lowest BCUT2D eigenvalue weighted by Crippen LogP contribution is -2.48. The molecule has 7 heteroatoms. The van der Waals surface area contributed by atoms with E-state index in [1.54, 1.807) is 4.68 Å². The fraction of sp³-hybridized carbons (Fsp3) is 0.278. The molecule has 1 unspecified atom stereocenters. The monoisotopic (exact) mass is 355 g/mol. The lowest BCUT2D eigenvalue weighted by atomic mass is 10.0.